The van der Waals surface area contributed by atoms with Crippen LogP contribution in [0.4, 0.5) is 13.2 Å². The van der Waals surface area contributed by atoms with Crippen LogP contribution in [0.1, 0.15) is 25.6 Å². The molecule has 17 heavy (non-hydrogen) atoms. The van der Waals surface area contributed by atoms with Crippen LogP contribution in [0.3, 0.4) is 0 Å². The molecule has 0 saturated carbocycles. The van der Waals surface area contributed by atoms with Crippen molar-refractivity contribution in [2.24, 2.45) is 7.05 Å². The molecular weight excluding hydrogens is 233 g/mol. The van der Waals surface area contributed by atoms with Gasteiger partial charge in [0.2, 0.25) is 0 Å². The molecule has 1 rings (SSSR count). The number of aryl methyl sites for hydroxylation is 1. The second kappa shape index (κ2) is 6.00. The smallest absolute Gasteiger partial charge is 0.314 e. The Morgan fingerprint density at radius 3 is 2.65 bits per heavy atom. The summed E-state index contributed by atoms with van der Waals surface area (Å²) in [5.74, 6) is 0.693. The Kier molecular flexibility index (Phi) is 4.92. The Labute approximate surface area is 98.2 Å². The maximum absolute atomic E-state index is 12.2. The van der Waals surface area contributed by atoms with Crippen LogP contribution in [-0.2, 0) is 13.5 Å². The second-order valence-electron chi connectivity index (χ2n) is 3.91. The van der Waals surface area contributed by atoms with Gasteiger partial charge in [-0.3, -0.25) is 4.68 Å². The van der Waals surface area contributed by atoms with Crippen LogP contribution < -0.4 is 5.32 Å². The van der Waals surface area contributed by atoms with E-state index >= 15 is 0 Å². The molecule has 0 aliphatic carbocycles. The van der Waals surface area contributed by atoms with Gasteiger partial charge in [-0.25, -0.2) is 4.98 Å². The van der Waals surface area contributed by atoms with E-state index < -0.39 is 12.6 Å². The van der Waals surface area contributed by atoms with E-state index in [4.69, 9.17) is 0 Å². The summed E-state index contributed by atoms with van der Waals surface area (Å²) in [6.45, 7) is 2.51. The van der Waals surface area contributed by atoms with Crippen LogP contribution in [-0.4, -0.2) is 33.5 Å². The summed E-state index contributed by atoms with van der Waals surface area (Å²) in [4.78, 5) is 4.01. The number of likely N-dealkylation sites (N-methyl/N-ethyl adjacent to an activating group) is 1. The first-order valence-electron chi connectivity index (χ1n) is 5.55. The van der Waals surface area contributed by atoms with Gasteiger partial charge in [0.15, 0.2) is 0 Å². The fourth-order valence-corrected chi connectivity index (χ4v) is 1.63. The standard InChI is InChI=1S/C10H17F3N4/c1-3-14-8(4-5-10(11,12)13)6-9-15-7-16-17(9)2/h7-8,14H,3-6H2,1-2H3. The number of hydrogen-bond donors (Lipinski definition) is 1. The van der Waals surface area contributed by atoms with Gasteiger partial charge in [-0.15, -0.1) is 0 Å². The molecule has 1 aromatic rings. The molecule has 0 aliphatic heterocycles. The normalized spacial score (nSPS) is 13.9. The van der Waals surface area contributed by atoms with E-state index in [0.717, 1.165) is 0 Å². The van der Waals surface area contributed by atoms with E-state index in [2.05, 4.69) is 15.4 Å². The molecule has 0 fully saturated rings. The van der Waals surface area contributed by atoms with Gasteiger partial charge in [0, 0.05) is 25.9 Å². The summed E-state index contributed by atoms with van der Waals surface area (Å²) in [5.41, 5.74) is 0. The lowest BCUT2D eigenvalue weighted by Gasteiger charge is -2.18. The summed E-state index contributed by atoms with van der Waals surface area (Å²) in [7, 11) is 1.73. The summed E-state index contributed by atoms with van der Waals surface area (Å²) >= 11 is 0. The van der Waals surface area contributed by atoms with Crippen molar-refractivity contribution in [2.75, 3.05) is 6.54 Å². The molecule has 4 nitrogen and oxygen atoms in total. The molecule has 0 aliphatic rings. The topological polar surface area (TPSA) is 42.7 Å². The highest BCUT2D eigenvalue weighted by Gasteiger charge is 2.28. The first kappa shape index (κ1) is 14.0. The minimum atomic E-state index is -4.10. The van der Waals surface area contributed by atoms with Crippen molar-refractivity contribution in [1.29, 1.82) is 0 Å². The van der Waals surface area contributed by atoms with E-state index in [-0.39, 0.29) is 12.5 Å². The highest BCUT2D eigenvalue weighted by molar-refractivity contribution is 4.89. The van der Waals surface area contributed by atoms with Crippen molar-refractivity contribution < 1.29 is 13.2 Å². The molecule has 1 atom stereocenters. The highest BCUT2D eigenvalue weighted by atomic mass is 19.4. The minimum Gasteiger partial charge on any atom is -0.314 e. The first-order valence-corrected chi connectivity index (χ1v) is 5.55. The van der Waals surface area contributed by atoms with Crippen molar-refractivity contribution in [3.8, 4) is 0 Å². The molecular formula is C10H17F3N4. The molecule has 0 spiro atoms. The molecule has 1 aromatic heterocycles. The monoisotopic (exact) mass is 250 g/mol. The fraction of sp³-hybridized carbons (Fsp3) is 0.800. The molecule has 0 amide bonds. The third kappa shape index (κ3) is 5.16. The van der Waals surface area contributed by atoms with Gasteiger partial charge in [-0.1, -0.05) is 6.92 Å². The van der Waals surface area contributed by atoms with Crippen molar-refractivity contribution >= 4 is 0 Å². The maximum atomic E-state index is 12.2. The zero-order chi connectivity index (χ0) is 12.9. The van der Waals surface area contributed by atoms with E-state index in [9.17, 15) is 13.2 Å². The maximum Gasteiger partial charge on any atom is 0.389 e. The number of nitrogens with one attached hydrogen (secondary N) is 1. The third-order valence-electron chi connectivity index (χ3n) is 2.50. The molecule has 0 aromatic carbocycles. The number of hydrogen-bond acceptors (Lipinski definition) is 3. The Bertz CT molecular complexity index is 335. The third-order valence-corrected chi connectivity index (χ3v) is 2.50. The Morgan fingerprint density at radius 2 is 2.18 bits per heavy atom. The number of aromatic nitrogens is 3. The number of nitrogens with zero attached hydrogens (tertiary/aromatic N) is 3. The number of rotatable bonds is 6. The lowest BCUT2D eigenvalue weighted by Crippen LogP contribution is -2.33. The SMILES string of the molecule is CCNC(CCC(F)(F)F)Cc1ncnn1C. The van der Waals surface area contributed by atoms with Gasteiger partial charge < -0.3 is 5.32 Å². The molecule has 1 N–H and O–H groups in total. The summed E-state index contributed by atoms with van der Waals surface area (Å²) < 4.78 is 38.0. The Balaban J connectivity index is 2.51. The van der Waals surface area contributed by atoms with Crippen molar-refractivity contribution in [3.05, 3.63) is 12.2 Å². The summed E-state index contributed by atoms with van der Waals surface area (Å²) in [6, 6.07) is -0.218. The Morgan fingerprint density at radius 1 is 1.47 bits per heavy atom. The Hall–Kier alpha value is -1.11. The van der Waals surface area contributed by atoms with E-state index in [1.54, 1.807) is 11.7 Å². The average Bonchev–Trinajstić information content (AvgIpc) is 2.60. The molecule has 1 unspecified atom stereocenters. The first-order chi connectivity index (χ1) is 7.92. The number of halogens is 3. The zero-order valence-corrected chi connectivity index (χ0v) is 9.96. The fourth-order valence-electron chi connectivity index (χ4n) is 1.63. The molecule has 1 heterocycles. The van der Waals surface area contributed by atoms with Crippen LogP contribution in [0, 0.1) is 0 Å². The summed E-state index contributed by atoms with van der Waals surface area (Å²) in [6.07, 6.45) is -2.96. The molecule has 98 valence electrons. The molecule has 7 heteroatoms. The largest absolute Gasteiger partial charge is 0.389 e. The highest BCUT2D eigenvalue weighted by Crippen LogP contribution is 2.22. The average molecular weight is 250 g/mol. The predicted molar refractivity (Wildman–Crippen MR) is 57.5 cm³/mol. The quantitative estimate of drug-likeness (QED) is 0.835. The molecule has 0 saturated heterocycles. The second-order valence-corrected chi connectivity index (χ2v) is 3.91. The van der Waals surface area contributed by atoms with Crippen LogP contribution in [0.2, 0.25) is 0 Å². The van der Waals surface area contributed by atoms with Crippen molar-refractivity contribution in [2.45, 2.75) is 38.4 Å². The van der Waals surface area contributed by atoms with Gasteiger partial charge in [0.05, 0.1) is 0 Å². The van der Waals surface area contributed by atoms with Crippen LogP contribution in [0.5, 0.6) is 0 Å². The van der Waals surface area contributed by atoms with Gasteiger partial charge in [0.1, 0.15) is 12.2 Å². The van der Waals surface area contributed by atoms with Gasteiger partial charge >= 0.3 is 6.18 Å². The lowest BCUT2D eigenvalue weighted by molar-refractivity contribution is -0.136. The van der Waals surface area contributed by atoms with E-state index in [1.807, 2.05) is 6.92 Å². The molecule has 0 bridgehead atoms. The van der Waals surface area contributed by atoms with Crippen molar-refractivity contribution in [1.82, 2.24) is 20.1 Å². The van der Waals surface area contributed by atoms with Crippen molar-refractivity contribution in [3.63, 3.8) is 0 Å². The predicted octanol–water partition coefficient (Wildman–Crippen LogP) is 1.68. The summed E-state index contributed by atoms with van der Waals surface area (Å²) in [5, 5.41) is 6.93. The zero-order valence-electron chi connectivity index (χ0n) is 9.96. The van der Waals surface area contributed by atoms with Crippen LogP contribution >= 0.6 is 0 Å². The van der Waals surface area contributed by atoms with Crippen LogP contribution in [0.15, 0.2) is 6.33 Å². The minimum absolute atomic E-state index is 0.0597. The molecule has 0 radical (unpaired) electrons. The lowest BCUT2D eigenvalue weighted by atomic mass is 10.1. The van der Waals surface area contributed by atoms with Gasteiger partial charge in [-0.2, -0.15) is 18.3 Å². The van der Waals surface area contributed by atoms with Gasteiger partial charge in [-0.05, 0) is 13.0 Å². The van der Waals surface area contributed by atoms with E-state index in [1.165, 1.54) is 6.33 Å². The van der Waals surface area contributed by atoms with E-state index in [0.29, 0.717) is 18.8 Å². The number of alkyl halides is 3. The van der Waals surface area contributed by atoms with Crippen LogP contribution in [0.25, 0.3) is 0 Å². The van der Waals surface area contributed by atoms with Gasteiger partial charge in [0.25, 0.3) is 0 Å².